The first-order chi connectivity index (χ1) is 15.6. The molecular weight excluding hydrogens is 473 g/mol. The minimum Gasteiger partial charge on any atom is -0.291 e. The minimum atomic E-state index is 0.658. The van der Waals surface area contributed by atoms with Crippen molar-refractivity contribution in [1.82, 2.24) is 9.97 Å². The molecule has 0 aliphatic carbocycles. The molecule has 0 saturated heterocycles. The third-order valence-electron chi connectivity index (χ3n) is 5.74. The van der Waals surface area contributed by atoms with Crippen LogP contribution in [0.5, 0.6) is 0 Å². The Kier molecular flexibility index (Phi) is 4.44. The zero-order chi connectivity index (χ0) is 22.0. The van der Waals surface area contributed by atoms with E-state index in [1.807, 2.05) is 58.3 Å². The van der Waals surface area contributed by atoms with Gasteiger partial charge in [-0.05, 0) is 24.3 Å². The lowest BCUT2D eigenvalue weighted by atomic mass is 9.86. The summed E-state index contributed by atoms with van der Waals surface area (Å²) in [4.78, 5) is 14.7. The van der Waals surface area contributed by atoms with Crippen LogP contribution in [0.1, 0.15) is 22.3 Å². The van der Waals surface area contributed by atoms with Crippen LogP contribution in [0.4, 0.5) is 11.4 Å². The average Bonchev–Trinajstić information content (AvgIpc) is 2.83. The van der Waals surface area contributed by atoms with Gasteiger partial charge in [-0.15, -0.1) is 0 Å². The SMILES string of the molecule is S=C1c2ccc3c4c(ccc(c24)C(=S)N1c1ccncc1)C(=S)N(c1ccncc1)C3=S. The molecule has 152 valence electrons. The molecule has 6 rings (SSSR count). The van der Waals surface area contributed by atoms with Crippen LogP contribution in [0.15, 0.2) is 73.3 Å². The van der Waals surface area contributed by atoms with Crippen LogP contribution in [-0.2, 0) is 0 Å². The van der Waals surface area contributed by atoms with Crippen molar-refractivity contribution in [3.05, 3.63) is 95.6 Å². The smallest absolute Gasteiger partial charge is 0.119 e. The van der Waals surface area contributed by atoms with E-state index in [1.54, 1.807) is 24.8 Å². The number of anilines is 2. The van der Waals surface area contributed by atoms with Gasteiger partial charge in [-0.2, -0.15) is 0 Å². The lowest BCUT2D eigenvalue weighted by Crippen LogP contribution is -2.42. The first-order valence-corrected chi connectivity index (χ1v) is 11.4. The Balaban J connectivity index is 1.59. The highest BCUT2D eigenvalue weighted by molar-refractivity contribution is 7.83. The maximum Gasteiger partial charge on any atom is 0.119 e. The number of rotatable bonds is 2. The van der Waals surface area contributed by atoms with E-state index in [1.165, 1.54) is 0 Å². The van der Waals surface area contributed by atoms with E-state index < -0.39 is 0 Å². The molecule has 0 saturated carbocycles. The van der Waals surface area contributed by atoms with Crippen molar-refractivity contribution in [3.8, 4) is 0 Å². The fraction of sp³-hybridized carbons (Fsp3) is 0. The monoisotopic (exact) mass is 484 g/mol. The predicted octanol–water partition coefficient (Wildman–Crippen LogP) is 5.37. The number of benzene rings is 2. The zero-order valence-electron chi connectivity index (χ0n) is 16.4. The molecule has 0 N–H and O–H groups in total. The van der Waals surface area contributed by atoms with Gasteiger partial charge in [0.1, 0.15) is 20.0 Å². The molecule has 2 aromatic carbocycles. The summed E-state index contributed by atoms with van der Waals surface area (Å²) in [6, 6.07) is 15.8. The number of nitrogens with zero attached hydrogens (tertiary/aromatic N) is 4. The van der Waals surface area contributed by atoms with Crippen LogP contribution in [0, 0.1) is 0 Å². The van der Waals surface area contributed by atoms with Crippen molar-refractivity contribution in [2.45, 2.75) is 0 Å². The van der Waals surface area contributed by atoms with Crippen LogP contribution in [0.25, 0.3) is 10.8 Å². The van der Waals surface area contributed by atoms with Crippen molar-refractivity contribution in [2.75, 3.05) is 9.80 Å². The lowest BCUT2D eigenvalue weighted by Gasteiger charge is -2.36. The summed E-state index contributed by atoms with van der Waals surface area (Å²) in [6.07, 6.45) is 6.95. The summed E-state index contributed by atoms with van der Waals surface area (Å²) in [5.74, 6) is 0. The lowest BCUT2D eigenvalue weighted by molar-refractivity contribution is 1.30. The van der Waals surface area contributed by atoms with Crippen molar-refractivity contribution in [2.24, 2.45) is 0 Å². The number of aromatic nitrogens is 2. The predicted molar refractivity (Wildman–Crippen MR) is 144 cm³/mol. The topological polar surface area (TPSA) is 32.3 Å². The normalized spacial score (nSPS) is 15.0. The molecule has 0 unspecified atom stereocenters. The molecule has 2 aromatic heterocycles. The highest BCUT2D eigenvalue weighted by Gasteiger charge is 2.35. The summed E-state index contributed by atoms with van der Waals surface area (Å²) < 4.78 is 0. The quantitative estimate of drug-likeness (QED) is 0.351. The number of thiocarbonyl (C=S) groups is 4. The second kappa shape index (κ2) is 7.25. The molecule has 32 heavy (non-hydrogen) atoms. The van der Waals surface area contributed by atoms with Gasteiger partial charge in [0.15, 0.2) is 0 Å². The first-order valence-electron chi connectivity index (χ1n) is 9.75. The van der Waals surface area contributed by atoms with Gasteiger partial charge in [-0.3, -0.25) is 19.8 Å². The molecule has 0 spiro atoms. The van der Waals surface area contributed by atoms with Crippen molar-refractivity contribution in [1.29, 1.82) is 0 Å². The third-order valence-corrected chi connectivity index (χ3v) is 7.35. The van der Waals surface area contributed by atoms with Crippen LogP contribution in [-0.4, -0.2) is 29.9 Å². The Morgan fingerprint density at radius 2 is 0.719 bits per heavy atom. The van der Waals surface area contributed by atoms with Gasteiger partial charge in [0.2, 0.25) is 0 Å². The van der Waals surface area contributed by atoms with E-state index >= 15 is 0 Å². The molecule has 0 bridgehead atoms. The summed E-state index contributed by atoms with van der Waals surface area (Å²) in [6.45, 7) is 0. The van der Waals surface area contributed by atoms with Crippen molar-refractivity contribution >= 4 is 91.0 Å². The summed E-state index contributed by atoms with van der Waals surface area (Å²) in [5, 5.41) is 2.03. The third kappa shape index (κ3) is 2.64. The Labute approximate surface area is 205 Å². The number of hydrogen-bond donors (Lipinski definition) is 0. The van der Waals surface area contributed by atoms with E-state index in [2.05, 4.69) is 9.97 Å². The Bertz CT molecular complexity index is 1310. The van der Waals surface area contributed by atoms with Gasteiger partial charge in [-0.25, -0.2) is 0 Å². The van der Waals surface area contributed by atoms with Crippen LogP contribution < -0.4 is 9.80 Å². The Hall–Kier alpha value is -3.04. The summed E-state index contributed by atoms with van der Waals surface area (Å²) in [7, 11) is 0. The van der Waals surface area contributed by atoms with Gasteiger partial charge in [-0.1, -0.05) is 73.1 Å². The molecule has 0 amide bonds. The van der Waals surface area contributed by atoms with Crippen LogP contribution in [0.3, 0.4) is 0 Å². The van der Waals surface area contributed by atoms with E-state index in [9.17, 15) is 0 Å². The van der Waals surface area contributed by atoms with E-state index in [4.69, 9.17) is 48.9 Å². The van der Waals surface area contributed by atoms with Gasteiger partial charge < -0.3 is 0 Å². The van der Waals surface area contributed by atoms with Gasteiger partial charge in [0, 0.05) is 57.8 Å². The molecule has 2 aliphatic rings. The van der Waals surface area contributed by atoms with Crippen molar-refractivity contribution in [3.63, 3.8) is 0 Å². The molecular formula is C24H12N4S4. The van der Waals surface area contributed by atoms with Gasteiger partial charge in [0.05, 0.1) is 11.4 Å². The molecule has 0 fully saturated rings. The van der Waals surface area contributed by atoms with Crippen LogP contribution >= 0.6 is 48.9 Å². The fourth-order valence-electron chi connectivity index (χ4n) is 4.33. The second-order valence-corrected chi connectivity index (χ2v) is 8.92. The summed E-state index contributed by atoms with van der Waals surface area (Å²) >= 11 is 23.6. The highest BCUT2D eigenvalue weighted by Crippen LogP contribution is 2.40. The first kappa shape index (κ1) is 19.6. The zero-order valence-corrected chi connectivity index (χ0v) is 19.6. The average molecular weight is 485 g/mol. The number of hydrogen-bond acceptors (Lipinski definition) is 6. The molecule has 0 atom stereocenters. The molecule has 4 nitrogen and oxygen atoms in total. The van der Waals surface area contributed by atoms with Gasteiger partial charge >= 0.3 is 0 Å². The Morgan fingerprint density at radius 3 is 1.00 bits per heavy atom. The molecule has 4 heterocycles. The molecule has 4 aromatic rings. The fourth-order valence-corrected chi connectivity index (χ4v) is 5.91. The Morgan fingerprint density at radius 1 is 0.438 bits per heavy atom. The maximum atomic E-state index is 5.91. The van der Waals surface area contributed by atoms with Crippen LogP contribution in [0.2, 0.25) is 0 Å². The standard InChI is InChI=1S/C24H12N4S4/c29-21-15-1-2-16-20-18(24(32)28(22(16)30)14-7-11-26-12-8-14)4-3-17(19(15)20)23(31)27(21)13-5-9-25-10-6-13/h1-12H. The largest absolute Gasteiger partial charge is 0.291 e. The maximum absolute atomic E-state index is 5.91. The van der Waals surface area contributed by atoms with E-state index in [-0.39, 0.29) is 0 Å². The molecule has 0 radical (unpaired) electrons. The van der Waals surface area contributed by atoms with Gasteiger partial charge in [0.25, 0.3) is 0 Å². The van der Waals surface area contributed by atoms with E-state index in [0.717, 1.165) is 44.4 Å². The minimum absolute atomic E-state index is 0.658. The number of pyridine rings is 2. The second-order valence-electron chi connectivity index (χ2n) is 7.37. The molecule has 2 aliphatic heterocycles. The highest BCUT2D eigenvalue weighted by atomic mass is 32.1. The molecule has 8 heteroatoms. The van der Waals surface area contributed by atoms with Crippen molar-refractivity contribution < 1.29 is 0 Å². The summed E-state index contributed by atoms with van der Waals surface area (Å²) in [5.41, 5.74) is 5.58. The van der Waals surface area contributed by atoms with E-state index in [0.29, 0.717) is 20.0 Å².